The second kappa shape index (κ2) is 10.3. The van der Waals surface area contributed by atoms with E-state index in [1.807, 2.05) is 12.1 Å². The Hall–Kier alpha value is -1.63. The average Bonchev–Trinajstić information content (AvgIpc) is 3.20. The van der Waals surface area contributed by atoms with Crippen LogP contribution in [0.3, 0.4) is 0 Å². The molecule has 1 aliphatic heterocycles. The maximum atomic E-state index is 11.9. The molecular formula is C16H23Cl2N5O. The molecule has 24 heavy (non-hydrogen) atoms. The Labute approximate surface area is 154 Å². The zero-order valence-corrected chi connectivity index (χ0v) is 15.0. The molecule has 1 unspecified atom stereocenters. The summed E-state index contributed by atoms with van der Waals surface area (Å²) in [5, 5.41) is 10.4. The molecule has 1 saturated heterocycles. The maximum Gasteiger partial charge on any atom is 0.221 e. The van der Waals surface area contributed by atoms with Crippen molar-refractivity contribution in [3.8, 4) is 0 Å². The minimum absolute atomic E-state index is 0. The fraction of sp³-hybridized carbons (Fsp3) is 0.438. The summed E-state index contributed by atoms with van der Waals surface area (Å²) in [6.07, 6.45) is 6.08. The predicted molar refractivity (Wildman–Crippen MR) is 97.6 cm³/mol. The molecular weight excluding hydrogens is 349 g/mol. The molecule has 0 aliphatic carbocycles. The standard InChI is InChI=1S/C16H21N5O.2ClH/c22-16(8-15-2-1-7-18-15)19-9-13-3-5-14(6-4-13)10-21-12-17-11-20-21;;/h3-6,11-12,15,18H,1-2,7-10H2,(H,19,22);2*1H. The summed E-state index contributed by atoms with van der Waals surface area (Å²) in [6, 6.07) is 8.55. The zero-order valence-electron chi connectivity index (χ0n) is 13.4. The Bertz CT molecular complexity index is 597. The van der Waals surface area contributed by atoms with E-state index in [0.29, 0.717) is 25.6 Å². The molecule has 1 aliphatic rings. The van der Waals surface area contributed by atoms with Crippen molar-refractivity contribution in [3.63, 3.8) is 0 Å². The quantitative estimate of drug-likeness (QED) is 0.813. The number of halogens is 2. The third kappa shape index (κ3) is 6.11. The molecule has 0 bridgehead atoms. The second-order valence-electron chi connectivity index (χ2n) is 5.68. The second-order valence-corrected chi connectivity index (χ2v) is 5.68. The van der Waals surface area contributed by atoms with E-state index in [1.165, 1.54) is 12.7 Å². The van der Waals surface area contributed by atoms with Gasteiger partial charge in [0.05, 0.1) is 6.54 Å². The van der Waals surface area contributed by atoms with Gasteiger partial charge in [-0.15, -0.1) is 24.8 Å². The molecule has 0 spiro atoms. The number of rotatable bonds is 6. The normalized spacial score (nSPS) is 16.1. The van der Waals surface area contributed by atoms with Crippen LogP contribution in [0.2, 0.25) is 0 Å². The summed E-state index contributed by atoms with van der Waals surface area (Å²) in [5.74, 6) is 0.117. The number of carbonyl (C=O) groups is 1. The summed E-state index contributed by atoms with van der Waals surface area (Å²) in [4.78, 5) is 15.8. The first-order valence-electron chi connectivity index (χ1n) is 7.70. The minimum Gasteiger partial charge on any atom is -0.352 e. The molecule has 8 heteroatoms. The fourth-order valence-electron chi connectivity index (χ4n) is 2.69. The lowest BCUT2D eigenvalue weighted by Gasteiger charge is -2.10. The van der Waals surface area contributed by atoms with Gasteiger partial charge in [0, 0.05) is 19.0 Å². The van der Waals surface area contributed by atoms with Gasteiger partial charge in [0.1, 0.15) is 12.7 Å². The van der Waals surface area contributed by atoms with E-state index >= 15 is 0 Å². The Morgan fingerprint density at radius 1 is 1.25 bits per heavy atom. The minimum atomic E-state index is 0. The number of aromatic nitrogens is 3. The van der Waals surface area contributed by atoms with Gasteiger partial charge in [-0.3, -0.25) is 4.79 Å². The zero-order chi connectivity index (χ0) is 15.2. The van der Waals surface area contributed by atoms with Gasteiger partial charge in [0.15, 0.2) is 0 Å². The first-order chi connectivity index (χ1) is 10.8. The summed E-state index contributed by atoms with van der Waals surface area (Å²) in [6.45, 7) is 2.32. The van der Waals surface area contributed by atoms with E-state index in [4.69, 9.17) is 0 Å². The first-order valence-corrected chi connectivity index (χ1v) is 7.70. The number of benzene rings is 1. The van der Waals surface area contributed by atoms with Gasteiger partial charge in [-0.1, -0.05) is 24.3 Å². The van der Waals surface area contributed by atoms with E-state index in [9.17, 15) is 4.79 Å². The van der Waals surface area contributed by atoms with Crippen molar-refractivity contribution >= 4 is 30.7 Å². The number of hydrogen-bond donors (Lipinski definition) is 2. The molecule has 2 aromatic rings. The highest BCUT2D eigenvalue weighted by Gasteiger charge is 2.17. The van der Waals surface area contributed by atoms with Crippen LogP contribution < -0.4 is 10.6 Å². The van der Waals surface area contributed by atoms with Crippen molar-refractivity contribution < 1.29 is 4.79 Å². The summed E-state index contributed by atoms with van der Waals surface area (Å²) in [7, 11) is 0. The molecule has 3 rings (SSSR count). The molecule has 2 heterocycles. The van der Waals surface area contributed by atoms with Crippen molar-refractivity contribution in [2.45, 2.75) is 38.4 Å². The van der Waals surface area contributed by atoms with Crippen molar-refractivity contribution in [2.24, 2.45) is 0 Å². The lowest BCUT2D eigenvalue weighted by Crippen LogP contribution is -2.31. The van der Waals surface area contributed by atoms with Crippen LogP contribution in [0.4, 0.5) is 0 Å². The van der Waals surface area contributed by atoms with Gasteiger partial charge in [-0.2, -0.15) is 5.10 Å². The van der Waals surface area contributed by atoms with Crippen LogP contribution in [-0.2, 0) is 17.9 Å². The Morgan fingerprint density at radius 2 is 2.00 bits per heavy atom. The van der Waals surface area contributed by atoms with Crippen molar-refractivity contribution in [2.75, 3.05) is 6.54 Å². The first kappa shape index (κ1) is 20.4. The monoisotopic (exact) mass is 371 g/mol. The highest BCUT2D eigenvalue weighted by atomic mass is 35.5. The maximum absolute atomic E-state index is 11.9. The molecule has 1 aromatic heterocycles. The molecule has 0 radical (unpaired) electrons. The van der Waals surface area contributed by atoms with Gasteiger partial charge in [0.25, 0.3) is 0 Å². The highest BCUT2D eigenvalue weighted by Crippen LogP contribution is 2.09. The third-order valence-electron chi connectivity index (χ3n) is 3.92. The topological polar surface area (TPSA) is 71.8 Å². The van der Waals surface area contributed by atoms with Gasteiger partial charge in [-0.05, 0) is 30.5 Å². The van der Waals surface area contributed by atoms with Crippen LogP contribution in [0.1, 0.15) is 30.4 Å². The van der Waals surface area contributed by atoms with Crippen molar-refractivity contribution in [3.05, 3.63) is 48.0 Å². The van der Waals surface area contributed by atoms with Gasteiger partial charge in [-0.25, -0.2) is 9.67 Å². The molecule has 1 atom stereocenters. The lowest BCUT2D eigenvalue weighted by atomic mass is 10.1. The summed E-state index contributed by atoms with van der Waals surface area (Å²) >= 11 is 0. The van der Waals surface area contributed by atoms with Crippen LogP contribution in [0, 0.1) is 0 Å². The van der Waals surface area contributed by atoms with E-state index in [-0.39, 0.29) is 30.7 Å². The highest BCUT2D eigenvalue weighted by molar-refractivity contribution is 5.85. The summed E-state index contributed by atoms with van der Waals surface area (Å²) < 4.78 is 1.78. The molecule has 1 amide bonds. The van der Waals surface area contributed by atoms with Crippen LogP contribution in [0.5, 0.6) is 0 Å². The molecule has 2 N–H and O–H groups in total. The van der Waals surface area contributed by atoms with Crippen LogP contribution >= 0.6 is 24.8 Å². The smallest absolute Gasteiger partial charge is 0.221 e. The SMILES string of the molecule is Cl.Cl.O=C(CC1CCCN1)NCc1ccc(Cn2cncn2)cc1. The number of carbonyl (C=O) groups excluding carboxylic acids is 1. The Morgan fingerprint density at radius 3 is 2.62 bits per heavy atom. The van der Waals surface area contributed by atoms with Crippen molar-refractivity contribution in [1.29, 1.82) is 0 Å². The number of nitrogens with zero attached hydrogens (tertiary/aromatic N) is 3. The van der Waals surface area contributed by atoms with Crippen molar-refractivity contribution in [1.82, 2.24) is 25.4 Å². The Kier molecular flexibility index (Phi) is 8.74. The molecule has 0 saturated carbocycles. The van der Waals surface area contributed by atoms with Crippen LogP contribution in [-0.4, -0.2) is 33.3 Å². The van der Waals surface area contributed by atoms with Crippen LogP contribution in [0.25, 0.3) is 0 Å². The fourth-order valence-corrected chi connectivity index (χ4v) is 2.69. The largest absolute Gasteiger partial charge is 0.352 e. The lowest BCUT2D eigenvalue weighted by molar-refractivity contribution is -0.121. The molecule has 6 nitrogen and oxygen atoms in total. The van der Waals surface area contributed by atoms with E-state index in [0.717, 1.165) is 24.1 Å². The van der Waals surface area contributed by atoms with Gasteiger partial charge in [0.2, 0.25) is 5.91 Å². The molecule has 1 aromatic carbocycles. The summed E-state index contributed by atoms with van der Waals surface area (Å²) in [5.41, 5.74) is 2.27. The molecule has 132 valence electrons. The molecule has 1 fully saturated rings. The van der Waals surface area contributed by atoms with Gasteiger partial charge >= 0.3 is 0 Å². The average molecular weight is 372 g/mol. The van der Waals surface area contributed by atoms with E-state index in [1.54, 1.807) is 11.0 Å². The van der Waals surface area contributed by atoms with E-state index < -0.39 is 0 Å². The predicted octanol–water partition coefficient (Wildman–Crippen LogP) is 1.93. The Balaban J connectivity index is 0.00000144. The number of amides is 1. The number of nitrogens with one attached hydrogen (secondary N) is 2. The van der Waals surface area contributed by atoms with E-state index in [2.05, 4.69) is 32.8 Å². The number of hydrogen-bond acceptors (Lipinski definition) is 4. The van der Waals surface area contributed by atoms with Gasteiger partial charge < -0.3 is 10.6 Å². The third-order valence-corrected chi connectivity index (χ3v) is 3.92. The van der Waals surface area contributed by atoms with Crippen LogP contribution in [0.15, 0.2) is 36.9 Å².